The third-order valence-electron chi connectivity index (χ3n) is 6.74. The largest absolute Gasteiger partial charge is 0.482 e. The van der Waals surface area contributed by atoms with Crippen molar-refractivity contribution < 1.29 is 23.1 Å². The molecule has 0 saturated carbocycles. The topological polar surface area (TPSA) is 83.9 Å². The molecule has 2 aliphatic rings. The number of ether oxygens (including phenoxy) is 1. The second-order valence-electron chi connectivity index (χ2n) is 9.31. The molecule has 10 heteroatoms. The maximum atomic E-state index is 14.1. The number of aromatic nitrogens is 1. The highest BCUT2D eigenvalue weighted by Crippen LogP contribution is 2.27. The molecule has 196 valence electrons. The first-order valence-electron chi connectivity index (χ1n) is 12.2. The molecule has 2 bridgehead atoms. The van der Waals surface area contributed by atoms with Gasteiger partial charge in [0.05, 0.1) is 6.04 Å². The van der Waals surface area contributed by atoms with Crippen molar-refractivity contribution in [1.82, 2.24) is 14.9 Å². The van der Waals surface area contributed by atoms with Crippen LogP contribution in [0.4, 0.5) is 8.78 Å². The minimum Gasteiger partial charge on any atom is -0.482 e. The first kappa shape index (κ1) is 25.2. The molecule has 0 unspecified atom stereocenters. The summed E-state index contributed by atoms with van der Waals surface area (Å²) in [7, 11) is 0. The lowest BCUT2D eigenvalue weighted by atomic mass is 10.1. The van der Waals surface area contributed by atoms with Crippen LogP contribution in [0.25, 0.3) is 0 Å². The Balaban J connectivity index is 1.56. The highest BCUT2D eigenvalue weighted by Gasteiger charge is 2.39. The number of halogens is 2. The van der Waals surface area contributed by atoms with Crippen molar-refractivity contribution in [2.24, 2.45) is 0 Å². The minimum absolute atomic E-state index is 0.00554. The number of benzene rings is 2. The number of amides is 2. The van der Waals surface area contributed by atoms with Crippen molar-refractivity contribution in [2.75, 3.05) is 11.7 Å². The van der Waals surface area contributed by atoms with Gasteiger partial charge in [-0.25, -0.2) is 8.78 Å². The van der Waals surface area contributed by atoms with E-state index in [1.165, 1.54) is 16.9 Å². The molecule has 1 aromatic heterocycles. The average molecular weight is 521 g/mol. The zero-order valence-electron chi connectivity index (χ0n) is 20.9. The minimum atomic E-state index is -0.815. The van der Waals surface area contributed by atoms with Crippen LogP contribution in [0.15, 0.2) is 71.7 Å². The number of nitrogens with zero attached hydrogens (tertiary/aromatic N) is 3. The molecule has 0 fully saturated rings. The van der Waals surface area contributed by atoms with Crippen molar-refractivity contribution in [3.8, 4) is 5.75 Å². The summed E-state index contributed by atoms with van der Waals surface area (Å²) in [5.74, 6) is -2.97. The molecule has 2 atom stereocenters. The lowest BCUT2D eigenvalue weighted by Crippen LogP contribution is -2.57. The fraction of sp³-hybridized carbons (Fsp3) is 0.250. The van der Waals surface area contributed by atoms with Gasteiger partial charge < -0.3 is 15.0 Å². The van der Waals surface area contributed by atoms with Crippen LogP contribution in [-0.2, 0) is 13.2 Å². The van der Waals surface area contributed by atoms with Gasteiger partial charge in [-0.2, -0.15) is 0 Å². The van der Waals surface area contributed by atoms with E-state index in [0.717, 1.165) is 17.7 Å². The van der Waals surface area contributed by atoms with E-state index in [1.54, 1.807) is 4.90 Å². The Morgan fingerprint density at radius 3 is 2.53 bits per heavy atom. The maximum absolute atomic E-state index is 14.1. The summed E-state index contributed by atoms with van der Waals surface area (Å²) in [6.07, 6.45) is 5.19. The summed E-state index contributed by atoms with van der Waals surface area (Å²) in [5.41, 5.74) is -0.164. The van der Waals surface area contributed by atoms with E-state index in [4.69, 9.17) is 4.74 Å². The molecule has 0 saturated heterocycles. The van der Waals surface area contributed by atoms with E-state index in [2.05, 4.69) is 5.32 Å². The summed E-state index contributed by atoms with van der Waals surface area (Å²) < 4.78 is 34.8. The lowest BCUT2D eigenvalue weighted by Gasteiger charge is -2.42. The molecule has 3 heterocycles. The van der Waals surface area contributed by atoms with Gasteiger partial charge in [0.2, 0.25) is 5.43 Å². The molecule has 5 rings (SSSR count). The first-order valence-corrected chi connectivity index (χ1v) is 12.2. The van der Waals surface area contributed by atoms with Crippen molar-refractivity contribution in [2.45, 2.75) is 39.1 Å². The fourth-order valence-electron chi connectivity index (χ4n) is 4.53. The standard InChI is InChI=1S/C28H26F2N4O4/c1-17-8-9-18(2)34-16-32(17)28(37)24-26(38-15-19-6-4-3-5-7-19)25(35)22(14-33(24)34)27(36)31-13-20-10-11-21(29)12-23(20)30/h3-12,14,17-18H,13,15-16H2,1-2H3,(H,31,36)/t17-,18+/m0/s1. The second-order valence-corrected chi connectivity index (χ2v) is 9.31. The van der Waals surface area contributed by atoms with Crippen LogP contribution in [0.1, 0.15) is 45.8 Å². The SMILES string of the molecule is C[C@@H]1C=C[C@H](C)N2CN1n1cc(C(=O)NCc3ccc(F)cc3F)c(=O)c(OCc3ccccc3)c1C2=O. The molecule has 8 nitrogen and oxygen atoms in total. The van der Waals surface area contributed by atoms with Crippen molar-refractivity contribution in [3.63, 3.8) is 0 Å². The van der Waals surface area contributed by atoms with Gasteiger partial charge in [0.15, 0.2) is 11.4 Å². The van der Waals surface area contributed by atoms with Gasteiger partial charge in [-0.05, 0) is 25.5 Å². The van der Waals surface area contributed by atoms with E-state index < -0.39 is 28.9 Å². The predicted octanol–water partition coefficient (Wildman–Crippen LogP) is 3.33. The highest BCUT2D eigenvalue weighted by molar-refractivity contribution is 5.99. The van der Waals surface area contributed by atoms with Gasteiger partial charge in [-0.1, -0.05) is 48.6 Å². The molecular weight excluding hydrogens is 494 g/mol. The van der Waals surface area contributed by atoms with Gasteiger partial charge in [0, 0.05) is 30.4 Å². The Morgan fingerprint density at radius 1 is 1.05 bits per heavy atom. The summed E-state index contributed by atoms with van der Waals surface area (Å²) in [5, 5.41) is 4.37. The Bertz CT molecular complexity index is 1490. The molecule has 0 aliphatic carbocycles. The number of pyridine rings is 1. The predicted molar refractivity (Wildman–Crippen MR) is 136 cm³/mol. The summed E-state index contributed by atoms with van der Waals surface area (Å²) in [6.45, 7) is 3.81. The van der Waals surface area contributed by atoms with E-state index in [-0.39, 0.29) is 54.5 Å². The first-order chi connectivity index (χ1) is 18.2. The van der Waals surface area contributed by atoms with Crippen LogP contribution in [0.5, 0.6) is 5.75 Å². The van der Waals surface area contributed by atoms with Crippen LogP contribution >= 0.6 is 0 Å². The van der Waals surface area contributed by atoms with E-state index in [1.807, 2.05) is 61.3 Å². The zero-order chi connectivity index (χ0) is 27.0. The third-order valence-corrected chi connectivity index (χ3v) is 6.74. The summed E-state index contributed by atoms with van der Waals surface area (Å²) in [4.78, 5) is 42.0. The van der Waals surface area contributed by atoms with Crippen LogP contribution in [0.2, 0.25) is 0 Å². The number of nitrogens with one attached hydrogen (secondary N) is 1. The Hall–Kier alpha value is -4.47. The molecule has 2 aliphatic heterocycles. The van der Waals surface area contributed by atoms with Crippen LogP contribution in [-0.4, -0.2) is 40.1 Å². The normalized spacial score (nSPS) is 18.2. The summed E-state index contributed by atoms with van der Waals surface area (Å²) >= 11 is 0. The van der Waals surface area contributed by atoms with Crippen LogP contribution in [0, 0.1) is 11.6 Å². The van der Waals surface area contributed by atoms with Gasteiger partial charge >= 0.3 is 0 Å². The lowest BCUT2D eigenvalue weighted by molar-refractivity contribution is 0.0649. The zero-order valence-corrected chi connectivity index (χ0v) is 20.9. The number of hydrogen-bond acceptors (Lipinski definition) is 5. The molecular formula is C28H26F2N4O4. The monoisotopic (exact) mass is 520 g/mol. The Kier molecular flexibility index (Phi) is 6.71. The second kappa shape index (κ2) is 10.1. The van der Waals surface area contributed by atoms with Gasteiger partial charge in [-0.3, -0.25) is 24.1 Å². The van der Waals surface area contributed by atoms with Gasteiger partial charge in [0.1, 0.15) is 30.5 Å². The van der Waals surface area contributed by atoms with E-state index >= 15 is 0 Å². The van der Waals surface area contributed by atoms with E-state index in [9.17, 15) is 23.2 Å². The Morgan fingerprint density at radius 2 is 1.79 bits per heavy atom. The molecule has 2 aromatic carbocycles. The van der Waals surface area contributed by atoms with Gasteiger partial charge in [-0.15, -0.1) is 0 Å². The molecule has 3 aromatic rings. The van der Waals surface area contributed by atoms with Gasteiger partial charge in [0.25, 0.3) is 11.8 Å². The smallest absolute Gasteiger partial charge is 0.278 e. The third kappa shape index (κ3) is 4.65. The van der Waals surface area contributed by atoms with Crippen molar-refractivity contribution in [1.29, 1.82) is 0 Å². The molecule has 0 radical (unpaired) electrons. The Labute approximate surface area is 217 Å². The molecule has 2 amide bonds. The number of hydrogen-bond donors (Lipinski definition) is 1. The molecule has 1 N–H and O–H groups in total. The quantitative estimate of drug-likeness (QED) is 0.505. The number of carbonyl (C=O) groups is 2. The number of fused-ring (bicyclic) bond motifs is 4. The number of carbonyl (C=O) groups excluding carboxylic acids is 2. The van der Waals surface area contributed by atoms with Crippen LogP contribution in [0.3, 0.4) is 0 Å². The molecule has 0 spiro atoms. The van der Waals surface area contributed by atoms with Crippen LogP contribution < -0.4 is 20.5 Å². The van der Waals surface area contributed by atoms with Crippen molar-refractivity contribution in [3.05, 3.63) is 111 Å². The fourth-order valence-corrected chi connectivity index (χ4v) is 4.53. The van der Waals surface area contributed by atoms with E-state index in [0.29, 0.717) is 0 Å². The average Bonchev–Trinajstić information content (AvgIpc) is 3.03. The maximum Gasteiger partial charge on any atom is 0.278 e. The molecule has 38 heavy (non-hydrogen) atoms. The highest BCUT2D eigenvalue weighted by atomic mass is 19.1. The number of rotatable bonds is 6. The van der Waals surface area contributed by atoms with Crippen molar-refractivity contribution >= 4 is 11.8 Å². The summed E-state index contributed by atoms with van der Waals surface area (Å²) in [6, 6.07) is 11.8.